The van der Waals surface area contributed by atoms with Crippen LogP contribution in [0.3, 0.4) is 0 Å². The topological polar surface area (TPSA) is 0 Å². The Bertz CT molecular complexity index is 2200. The zero-order chi connectivity index (χ0) is 36.4. The number of allylic oxidation sites excluding steroid dienone is 6. The highest BCUT2D eigenvalue weighted by molar-refractivity contribution is 6.93. The molecule has 0 fully saturated rings. The first-order valence-corrected chi connectivity index (χ1v) is 19.1. The van der Waals surface area contributed by atoms with Gasteiger partial charge in [0, 0.05) is 0 Å². The highest BCUT2D eigenvalue weighted by atomic mass is 14.2. The maximum absolute atomic E-state index is 4.13. The Morgan fingerprint density at radius 3 is 2.08 bits per heavy atom. The van der Waals surface area contributed by atoms with E-state index < -0.39 is 0 Å². The van der Waals surface area contributed by atoms with E-state index in [9.17, 15) is 0 Å². The fraction of sp³-hybridized carbons (Fsp3) is 0.280. The molecule has 0 aromatic heterocycles. The molecule has 0 atom stereocenters. The second-order valence-electron chi connectivity index (χ2n) is 15.6. The summed E-state index contributed by atoms with van der Waals surface area (Å²) in [7, 11) is 0. The molecule has 1 aliphatic rings. The van der Waals surface area contributed by atoms with E-state index in [1.165, 1.54) is 88.0 Å². The van der Waals surface area contributed by atoms with E-state index in [0.717, 1.165) is 12.8 Å². The lowest BCUT2D eigenvalue weighted by Crippen LogP contribution is -2.49. The van der Waals surface area contributed by atoms with Gasteiger partial charge in [-0.1, -0.05) is 185 Å². The van der Waals surface area contributed by atoms with Crippen molar-refractivity contribution < 1.29 is 0 Å². The van der Waals surface area contributed by atoms with Gasteiger partial charge in [-0.25, -0.2) is 0 Å². The molecule has 5 aromatic rings. The lowest BCUT2D eigenvalue weighted by atomic mass is 9.32. The van der Waals surface area contributed by atoms with Gasteiger partial charge in [-0.3, -0.25) is 0 Å². The minimum Gasteiger partial charge on any atom is -0.0984 e. The molecular weight excluding hydrogens is 611 g/mol. The van der Waals surface area contributed by atoms with Crippen LogP contribution in [-0.4, -0.2) is 6.71 Å². The molecule has 258 valence electrons. The zero-order valence-corrected chi connectivity index (χ0v) is 32.4. The van der Waals surface area contributed by atoms with Crippen LogP contribution in [0.2, 0.25) is 0 Å². The Morgan fingerprint density at radius 2 is 1.41 bits per heavy atom. The van der Waals surface area contributed by atoms with Crippen LogP contribution in [0.15, 0.2) is 127 Å². The van der Waals surface area contributed by atoms with E-state index in [0.29, 0.717) is 17.8 Å². The van der Waals surface area contributed by atoms with Crippen molar-refractivity contribution in [3.63, 3.8) is 0 Å². The molecule has 6 rings (SSSR count). The summed E-state index contributed by atoms with van der Waals surface area (Å²) < 4.78 is 0. The maximum atomic E-state index is 4.13. The monoisotopic (exact) mass is 666 g/mol. The Hall–Kier alpha value is -4.62. The average Bonchev–Trinajstić information content (AvgIpc) is 3.11. The van der Waals surface area contributed by atoms with E-state index in [4.69, 9.17) is 0 Å². The molecule has 1 aliphatic carbocycles. The Kier molecular flexibility index (Phi) is 10.9. The molecule has 0 saturated heterocycles. The third-order valence-corrected chi connectivity index (χ3v) is 11.1. The Balaban J connectivity index is 1.73. The largest absolute Gasteiger partial charge is 0.238 e. The average molecular weight is 667 g/mol. The molecule has 0 nitrogen and oxygen atoms in total. The summed E-state index contributed by atoms with van der Waals surface area (Å²) in [5, 5.41) is 5.16. The SMILES string of the molecule is C=Cc1ccc2cc1C(=C\C)/C=C\C(C)=C(/B(c1c(C(C)C)cc(C(C)C)cc1C(C)C)c1ccc3ccc(C)cccc4ccc1c3c4)CC2. The summed E-state index contributed by atoms with van der Waals surface area (Å²) in [4.78, 5) is 0. The molecular formula is C50H55B. The predicted octanol–water partition coefficient (Wildman–Crippen LogP) is 12.9. The minimum absolute atomic E-state index is 0.0996. The Labute approximate surface area is 308 Å². The highest BCUT2D eigenvalue weighted by Gasteiger charge is 2.33. The van der Waals surface area contributed by atoms with E-state index >= 15 is 0 Å². The number of hydrogen-bond donors (Lipinski definition) is 0. The van der Waals surface area contributed by atoms with Crippen LogP contribution in [0.1, 0.15) is 119 Å². The second-order valence-corrected chi connectivity index (χ2v) is 15.6. The third-order valence-electron chi connectivity index (χ3n) is 11.1. The van der Waals surface area contributed by atoms with Gasteiger partial charge in [0.05, 0.1) is 0 Å². The highest BCUT2D eigenvalue weighted by Crippen LogP contribution is 2.33. The predicted molar refractivity (Wildman–Crippen MR) is 229 cm³/mol. The van der Waals surface area contributed by atoms with Crippen LogP contribution in [0.4, 0.5) is 0 Å². The molecule has 5 aromatic carbocycles. The summed E-state index contributed by atoms with van der Waals surface area (Å²) in [6, 6.07) is 35.1. The van der Waals surface area contributed by atoms with Crippen LogP contribution in [-0.2, 0) is 6.42 Å². The standard InChI is InChI=1S/C50H55B/c1-11-39-22-17-36(10)48(26-20-38-18-23-40(12-2)46(39)28-38)51(50-44(33(5)6)30-42(32(3)4)31-45(50)34(7)8)49-27-24-41-21-16-35(9)14-13-15-37-19-25-43(49)47(41)29-37/h11-19,21-25,27-34H,2,20,26H2,1,3-10H3/b14-13?,15-13?,21-16?,22-17-,35-14?,35-16?,37-15?,39-11-,41-21?,48-36-. The maximum Gasteiger partial charge on any atom is 0.238 e. The van der Waals surface area contributed by atoms with E-state index in [-0.39, 0.29) is 6.71 Å². The molecule has 0 heterocycles. The second kappa shape index (κ2) is 15.3. The summed E-state index contributed by atoms with van der Waals surface area (Å²) in [5.41, 5.74) is 16.5. The summed E-state index contributed by atoms with van der Waals surface area (Å²) in [5.74, 6) is 1.23. The quantitative estimate of drug-likeness (QED) is 0.152. The number of fused-ring (bicyclic) bond motifs is 3. The van der Waals surface area contributed by atoms with Crippen molar-refractivity contribution in [1.29, 1.82) is 0 Å². The third kappa shape index (κ3) is 7.41. The van der Waals surface area contributed by atoms with Gasteiger partial charge in [-0.05, 0) is 118 Å². The van der Waals surface area contributed by atoms with Crippen LogP contribution in [0.5, 0.6) is 0 Å². The normalized spacial score (nSPS) is 16.4. The van der Waals surface area contributed by atoms with E-state index in [1.807, 2.05) is 6.08 Å². The van der Waals surface area contributed by atoms with Crippen molar-refractivity contribution in [1.82, 2.24) is 0 Å². The van der Waals surface area contributed by atoms with Crippen LogP contribution >= 0.6 is 0 Å². The fourth-order valence-corrected chi connectivity index (χ4v) is 8.06. The zero-order valence-electron chi connectivity index (χ0n) is 32.4. The van der Waals surface area contributed by atoms with Crippen LogP contribution in [0, 0.1) is 6.92 Å². The molecule has 1 heteroatoms. The molecule has 0 N–H and O–H groups in total. The smallest absolute Gasteiger partial charge is 0.0984 e. The van der Waals surface area contributed by atoms with Gasteiger partial charge in [0.1, 0.15) is 0 Å². The lowest BCUT2D eigenvalue weighted by Gasteiger charge is -2.31. The van der Waals surface area contributed by atoms with Crippen molar-refractivity contribution in [3.05, 3.63) is 166 Å². The number of hydrogen-bond acceptors (Lipinski definition) is 0. The molecule has 0 radical (unpaired) electrons. The van der Waals surface area contributed by atoms with Crippen LogP contribution < -0.4 is 10.9 Å². The number of benzene rings is 4. The molecule has 0 unspecified atom stereocenters. The van der Waals surface area contributed by atoms with Crippen molar-refractivity contribution >= 4 is 50.8 Å². The van der Waals surface area contributed by atoms with Crippen molar-refractivity contribution in [3.8, 4) is 0 Å². The van der Waals surface area contributed by atoms with Crippen LogP contribution in [0.25, 0.3) is 33.2 Å². The first-order chi connectivity index (χ1) is 24.5. The molecule has 4 bridgehead atoms. The Morgan fingerprint density at radius 1 is 0.686 bits per heavy atom. The molecule has 0 amide bonds. The molecule has 51 heavy (non-hydrogen) atoms. The van der Waals surface area contributed by atoms with Gasteiger partial charge in [-0.2, -0.15) is 0 Å². The van der Waals surface area contributed by atoms with Gasteiger partial charge < -0.3 is 0 Å². The fourth-order valence-electron chi connectivity index (χ4n) is 8.06. The first kappa shape index (κ1) is 36.2. The lowest BCUT2D eigenvalue weighted by molar-refractivity contribution is 0.812. The first-order valence-electron chi connectivity index (χ1n) is 19.1. The molecule has 0 aliphatic heterocycles. The number of aryl methyl sites for hydroxylation is 2. The van der Waals surface area contributed by atoms with E-state index in [1.54, 1.807) is 0 Å². The molecule has 0 spiro atoms. The van der Waals surface area contributed by atoms with Crippen molar-refractivity contribution in [2.24, 2.45) is 0 Å². The summed E-state index contributed by atoms with van der Waals surface area (Å²) >= 11 is 0. The van der Waals surface area contributed by atoms with Gasteiger partial charge in [0.2, 0.25) is 6.71 Å². The minimum atomic E-state index is 0.0996. The van der Waals surface area contributed by atoms with Gasteiger partial charge in [0.25, 0.3) is 0 Å². The summed E-state index contributed by atoms with van der Waals surface area (Å²) in [6.45, 7) is 25.1. The van der Waals surface area contributed by atoms with Gasteiger partial charge in [-0.15, -0.1) is 0 Å². The van der Waals surface area contributed by atoms with Crippen molar-refractivity contribution in [2.75, 3.05) is 0 Å². The van der Waals surface area contributed by atoms with Gasteiger partial charge >= 0.3 is 0 Å². The number of rotatable bonds is 7. The van der Waals surface area contributed by atoms with E-state index in [2.05, 4.69) is 178 Å². The molecule has 0 saturated carbocycles. The summed E-state index contributed by atoms with van der Waals surface area (Å²) in [6.07, 6.45) is 10.9. The van der Waals surface area contributed by atoms with Gasteiger partial charge in [0.15, 0.2) is 0 Å². The van der Waals surface area contributed by atoms with Crippen molar-refractivity contribution in [2.45, 2.75) is 92.9 Å².